The summed E-state index contributed by atoms with van der Waals surface area (Å²) in [7, 11) is 0. The van der Waals surface area contributed by atoms with Crippen LogP contribution in [0, 0.1) is 12.7 Å². The summed E-state index contributed by atoms with van der Waals surface area (Å²) >= 11 is 0. The Morgan fingerprint density at radius 3 is 2.50 bits per heavy atom. The number of amides is 1. The second-order valence-electron chi connectivity index (χ2n) is 8.49. The van der Waals surface area contributed by atoms with E-state index in [2.05, 4.69) is 9.97 Å². The van der Waals surface area contributed by atoms with E-state index in [0.717, 1.165) is 33.8 Å². The van der Waals surface area contributed by atoms with Crippen LogP contribution in [0.4, 0.5) is 10.1 Å². The third-order valence-corrected chi connectivity index (χ3v) is 5.94. The number of carbonyl (C=O) groups excluding carboxylic acids is 1. The van der Waals surface area contributed by atoms with Gasteiger partial charge in [-0.2, -0.15) is 0 Å². The average molecular weight is 480 g/mol. The first-order chi connectivity index (χ1) is 17.4. The molecule has 7 heteroatoms. The summed E-state index contributed by atoms with van der Waals surface area (Å²) in [5, 5.41) is 20.8. The number of fused-ring (bicyclic) bond motifs is 1. The van der Waals surface area contributed by atoms with Crippen LogP contribution in [-0.2, 0) is 6.54 Å². The topological polar surface area (TPSA) is 86.6 Å². The Kier molecular flexibility index (Phi) is 6.04. The number of anilines is 1. The number of nitrogens with zero attached hydrogens (tertiary/aromatic N) is 3. The van der Waals surface area contributed by atoms with Gasteiger partial charge in [-0.1, -0.05) is 18.2 Å². The first kappa shape index (κ1) is 23.0. The molecule has 0 aliphatic heterocycles. The number of aromatic nitrogens is 2. The van der Waals surface area contributed by atoms with Gasteiger partial charge in [-0.05, 0) is 66.6 Å². The van der Waals surface area contributed by atoms with Gasteiger partial charge in [0.25, 0.3) is 5.91 Å². The van der Waals surface area contributed by atoms with Crippen LogP contribution in [0.3, 0.4) is 0 Å². The van der Waals surface area contributed by atoms with Gasteiger partial charge in [0.15, 0.2) is 0 Å². The third-order valence-electron chi connectivity index (χ3n) is 5.94. The first-order valence-corrected chi connectivity index (χ1v) is 11.3. The smallest absolute Gasteiger partial charge is 0.262 e. The quantitative estimate of drug-likeness (QED) is 0.323. The van der Waals surface area contributed by atoms with Crippen molar-refractivity contribution in [3.63, 3.8) is 0 Å². The number of aromatic hydroxyl groups is 2. The van der Waals surface area contributed by atoms with Gasteiger partial charge < -0.3 is 15.1 Å². The number of hydrogen-bond donors (Lipinski definition) is 2. The maximum absolute atomic E-state index is 13.7. The molecule has 0 spiro atoms. The molecule has 5 rings (SSSR count). The fourth-order valence-corrected chi connectivity index (χ4v) is 4.14. The number of aryl methyl sites for hydroxylation is 1. The summed E-state index contributed by atoms with van der Waals surface area (Å²) in [6.45, 7) is 2.17. The van der Waals surface area contributed by atoms with Crippen LogP contribution in [0.15, 0.2) is 91.3 Å². The van der Waals surface area contributed by atoms with Crippen LogP contribution in [0.1, 0.15) is 21.5 Å². The molecule has 3 aromatic carbocycles. The first-order valence-electron chi connectivity index (χ1n) is 11.3. The van der Waals surface area contributed by atoms with E-state index in [4.69, 9.17) is 0 Å². The van der Waals surface area contributed by atoms with Crippen molar-refractivity contribution in [2.45, 2.75) is 13.5 Å². The van der Waals surface area contributed by atoms with Crippen molar-refractivity contribution in [1.82, 2.24) is 9.97 Å². The number of hydrogen-bond acceptors (Lipinski definition) is 5. The van der Waals surface area contributed by atoms with Gasteiger partial charge >= 0.3 is 0 Å². The van der Waals surface area contributed by atoms with E-state index in [1.807, 2.05) is 31.2 Å². The predicted molar refractivity (Wildman–Crippen MR) is 136 cm³/mol. The second-order valence-corrected chi connectivity index (χ2v) is 8.49. The van der Waals surface area contributed by atoms with E-state index >= 15 is 0 Å². The molecule has 36 heavy (non-hydrogen) atoms. The van der Waals surface area contributed by atoms with E-state index < -0.39 is 5.91 Å². The summed E-state index contributed by atoms with van der Waals surface area (Å²) < 4.78 is 13.7. The van der Waals surface area contributed by atoms with E-state index in [1.54, 1.807) is 36.7 Å². The monoisotopic (exact) mass is 479 g/mol. The van der Waals surface area contributed by atoms with Crippen LogP contribution < -0.4 is 4.90 Å². The van der Waals surface area contributed by atoms with Crippen LogP contribution in [0.25, 0.3) is 22.2 Å². The summed E-state index contributed by atoms with van der Waals surface area (Å²) in [5.74, 6) is -1.22. The van der Waals surface area contributed by atoms with Crippen molar-refractivity contribution in [2.24, 2.45) is 0 Å². The molecule has 2 aromatic heterocycles. The fourth-order valence-electron chi connectivity index (χ4n) is 4.14. The number of phenols is 2. The molecule has 6 nitrogen and oxygen atoms in total. The van der Waals surface area contributed by atoms with E-state index in [0.29, 0.717) is 11.2 Å². The third kappa shape index (κ3) is 4.59. The lowest BCUT2D eigenvalue weighted by Gasteiger charge is -2.24. The number of rotatable bonds is 5. The average Bonchev–Trinajstić information content (AvgIpc) is 2.87. The van der Waals surface area contributed by atoms with Gasteiger partial charge in [0.1, 0.15) is 17.3 Å². The van der Waals surface area contributed by atoms with Crippen LogP contribution >= 0.6 is 0 Å². The Balaban J connectivity index is 1.53. The van der Waals surface area contributed by atoms with Crippen molar-refractivity contribution in [1.29, 1.82) is 0 Å². The molecule has 0 bridgehead atoms. The Bertz CT molecular complexity index is 1570. The molecule has 0 fully saturated rings. The van der Waals surface area contributed by atoms with Crippen LogP contribution in [-0.4, -0.2) is 26.1 Å². The Hall–Kier alpha value is -4.78. The molecule has 0 aliphatic carbocycles. The fraction of sp³-hybridized carbons (Fsp3) is 0.0690. The summed E-state index contributed by atoms with van der Waals surface area (Å²) in [4.78, 5) is 23.8. The highest BCUT2D eigenvalue weighted by Crippen LogP contribution is 2.30. The highest BCUT2D eigenvalue weighted by atomic mass is 19.1. The zero-order valence-corrected chi connectivity index (χ0v) is 19.4. The van der Waals surface area contributed by atoms with Gasteiger partial charge in [0.05, 0.1) is 23.3 Å². The van der Waals surface area contributed by atoms with Gasteiger partial charge in [-0.25, -0.2) is 9.37 Å². The molecular weight excluding hydrogens is 457 g/mol. The SMILES string of the molecule is Cc1cc2ccc(F)cc2nc1-c1ccc(N(Cc2cccnc2)C(=O)c2ccc(O)cc2O)cc1. The molecule has 0 aliphatic rings. The predicted octanol–water partition coefficient (Wildman–Crippen LogP) is 6.00. The van der Waals surface area contributed by atoms with Crippen molar-refractivity contribution < 1.29 is 19.4 Å². The number of carbonyl (C=O) groups is 1. The van der Waals surface area contributed by atoms with Crippen molar-refractivity contribution in [3.05, 3.63) is 114 Å². The maximum atomic E-state index is 13.7. The van der Waals surface area contributed by atoms with Gasteiger partial charge in [-0.3, -0.25) is 9.78 Å². The summed E-state index contributed by atoms with van der Waals surface area (Å²) in [5.41, 5.74) is 4.53. The van der Waals surface area contributed by atoms with Crippen molar-refractivity contribution >= 4 is 22.5 Å². The van der Waals surface area contributed by atoms with Crippen molar-refractivity contribution in [2.75, 3.05) is 4.90 Å². The minimum Gasteiger partial charge on any atom is -0.508 e. The molecule has 0 saturated carbocycles. The molecule has 1 amide bonds. The minimum atomic E-state index is -0.431. The van der Waals surface area contributed by atoms with Gasteiger partial charge in [0, 0.05) is 41.2 Å². The summed E-state index contributed by atoms with van der Waals surface area (Å²) in [6, 6.07) is 21.3. The standard InChI is InChI=1S/C29H22FN3O3/c1-18-13-21-4-7-22(30)14-26(21)32-28(18)20-5-8-23(9-6-20)33(17-19-3-2-12-31-16-19)29(36)25-11-10-24(34)15-27(25)35/h2-16,34-35H,17H2,1H3. The number of pyridine rings is 2. The van der Waals surface area contributed by atoms with Crippen LogP contribution in [0.2, 0.25) is 0 Å². The highest BCUT2D eigenvalue weighted by molar-refractivity contribution is 6.08. The number of benzene rings is 3. The van der Waals surface area contributed by atoms with E-state index in [-0.39, 0.29) is 29.4 Å². The zero-order valence-electron chi connectivity index (χ0n) is 19.4. The summed E-state index contributed by atoms with van der Waals surface area (Å²) in [6.07, 6.45) is 3.33. The minimum absolute atomic E-state index is 0.0647. The number of halogens is 1. The lowest BCUT2D eigenvalue weighted by atomic mass is 10.0. The van der Waals surface area contributed by atoms with Crippen molar-refractivity contribution in [3.8, 4) is 22.8 Å². The number of phenolic OH excluding ortho intramolecular Hbond substituents is 2. The second kappa shape index (κ2) is 9.46. The normalized spacial score (nSPS) is 10.9. The zero-order chi connectivity index (χ0) is 25.2. The molecule has 0 unspecified atom stereocenters. The molecule has 0 atom stereocenters. The largest absolute Gasteiger partial charge is 0.508 e. The Morgan fingerprint density at radius 2 is 1.78 bits per heavy atom. The molecule has 2 heterocycles. The molecular formula is C29H22FN3O3. The lowest BCUT2D eigenvalue weighted by molar-refractivity contribution is 0.0982. The molecule has 2 N–H and O–H groups in total. The maximum Gasteiger partial charge on any atom is 0.262 e. The molecule has 5 aromatic rings. The van der Waals surface area contributed by atoms with E-state index in [1.165, 1.54) is 29.2 Å². The molecule has 178 valence electrons. The lowest BCUT2D eigenvalue weighted by Crippen LogP contribution is -2.30. The van der Waals surface area contributed by atoms with Gasteiger partial charge in [0.2, 0.25) is 0 Å². The molecule has 0 saturated heterocycles. The van der Waals surface area contributed by atoms with Crippen LogP contribution in [0.5, 0.6) is 11.5 Å². The van der Waals surface area contributed by atoms with E-state index in [9.17, 15) is 19.4 Å². The Labute approximate surface area is 206 Å². The Morgan fingerprint density at radius 1 is 0.972 bits per heavy atom. The van der Waals surface area contributed by atoms with Gasteiger partial charge in [-0.15, -0.1) is 0 Å². The molecule has 0 radical (unpaired) electrons. The highest BCUT2D eigenvalue weighted by Gasteiger charge is 2.22.